The minimum Gasteiger partial charge on any atom is -0.451 e. The quantitative estimate of drug-likeness (QED) is 0.321. The van der Waals surface area contributed by atoms with Gasteiger partial charge in [-0.15, -0.1) is 0 Å². The van der Waals surface area contributed by atoms with Crippen molar-refractivity contribution in [3.05, 3.63) is 116 Å². The molecule has 5 aromatic rings. The van der Waals surface area contributed by atoms with Crippen LogP contribution in [0.4, 0.5) is 5.82 Å². The second-order valence-electron chi connectivity index (χ2n) is 8.44. The first-order valence-corrected chi connectivity index (χ1v) is 11.9. The van der Waals surface area contributed by atoms with Crippen molar-refractivity contribution in [2.24, 2.45) is 7.05 Å². The van der Waals surface area contributed by atoms with Gasteiger partial charge in [0.1, 0.15) is 11.5 Å². The fraction of sp³-hybridized carbons (Fsp3) is 0.0714. The number of para-hydroxylation sites is 1. The molecule has 0 aliphatic rings. The van der Waals surface area contributed by atoms with E-state index < -0.39 is 18.5 Å². The number of anilines is 1. The number of H-pyrrole nitrogens is 1. The average Bonchev–Trinajstić information content (AvgIpc) is 3.29. The third kappa shape index (κ3) is 4.74. The number of pyridine rings is 1. The molecule has 3 aromatic carbocycles. The van der Waals surface area contributed by atoms with Crippen molar-refractivity contribution < 1.29 is 14.3 Å². The normalized spacial score (nSPS) is 10.9. The van der Waals surface area contributed by atoms with Gasteiger partial charge < -0.3 is 14.6 Å². The van der Waals surface area contributed by atoms with Crippen molar-refractivity contribution in [1.82, 2.24) is 14.3 Å². The van der Waals surface area contributed by atoms with Crippen LogP contribution in [-0.4, -0.2) is 32.8 Å². The lowest BCUT2D eigenvalue weighted by molar-refractivity contribution is -0.119. The number of hydrogen-bond acceptors (Lipinski definition) is 5. The van der Waals surface area contributed by atoms with Gasteiger partial charge in [-0.3, -0.25) is 19.5 Å². The molecule has 2 aromatic heterocycles. The van der Waals surface area contributed by atoms with E-state index in [1.165, 1.54) is 22.4 Å². The number of rotatable bonds is 6. The molecule has 0 radical (unpaired) electrons. The maximum atomic E-state index is 13.3. The highest BCUT2D eigenvalue weighted by atomic mass is 35.5. The van der Waals surface area contributed by atoms with Gasteiger partial charge in [-0.2, -0.15) is 0 Å². The van der Waals surface area contributed by atoms with Crippen LogP contribution in [0.15, 0.2) is 94.5 Å². The van der Waals surface area contributed by atoms with E-state index in [1.807, 2.05) is 6.07 Å². The van der Waals surface area contributed by atoms with Gasteiger partial charge in [0.05, 0.1) is 5.69 Å². The highest BCUT2D eigenvalue weighted by Gasteiger charge is 2.23. The van der Waals surface area contributed by atoms with E-state index in [0.717, 1.165) is 0 Å². The molecule has 0 aliphatic carbocycles. The summed E-state index contributed by atoms with van der Waals surface area (Å²) in [6, 6.07) is 23.9. The number of amides is 1. The van der Waals surface area contributed by atoms with Crippen LogP contribution >= 0.6 is 11.6 Å². The number of fused-ring (bicyclic) bond motifs is 1. The van der Waals surface area contributed by atoms with E-state index in [9.17, 15) is 19.2 Å². The van der Waals surface area contributed by atoms with Gasteiger partial charge in [0.25, 0.3) is 17.0 Å². The average molecular weight is 529 g/mol. The fourth-order valence-corrected chi connectivity index (χ4v) is 4.35. The third-order valence-corrected chi connectivity index (χ3v) is 6.23. The number of esters is 1. The van der Waals surface area contributed by atoms with Crippen LogP contribution in [0.5, 0.6) is 0 Å². The van der Waals surface area contributed by atoms with Crippen LogP contribution in [0.3, 0.4) is 0 Å². The molecule has 10 heteroatoms. The van der Waals surface area contributed by atoms with Crippen molar-refractivity contribution in [2.45, 2.75) is 0 Å². The summed E-state index contributed by atoms with van der Waals surface area (Å²) in [6.45, 7) is -0.640. The zero-order chi connectivity index (χ0) is 26.8. The van der Waals surface area contributed by atoms with Gasteiger partial charge in [0.15, 0.2) is 6.61 Å². The summed E-state index contributed by atoms with van der Waals surface area (Å²) in [5.74, 6) is -1.38. The molecule has 0 fully saturated rings. The standard InChI is InChI=1S/C28H21ClN4O5/c1-32-26(25(17-11-13-18(29)14-12-17)20-9-5-6-10-21(20)27(32)36)28(37)38-16-23(34)30-22-15-24(35)33(31-22)19-7-3-2-4-8-19/h2-15,31H,16H2,1H3,(H,30,34). The van der Waals surface area contributed by atoms with Crippen LogP contribution in [0.25, 0.3) is 27.6 Å². The van der Waals surface area contributed by atoms with Crippen molar-refractivity contribution in [3.63, 3.8) is 0 Å². The fourth-order valence-electron chi connectivity index (χ4n) is 4.23. The van der Waals surface area contributed by atoms with Crippen LogP contribution in [0.1, 0.15) is 10.5 Å². The largest absolute Gasteiger partial charge is 0.451 e. The lowest BCUT2D eigenvalue weighted by Gasteiger charge is -2.16. The molecule has 2 heterocycles. The van der Waals surface area contributed by atoms with E-state index >= 15 is 0 Å². The van der Waals surface area contributed by atoms with E-state index in [1.54, 1.807) is 72.8 Å². The van der Waals surface area contributed by atoms with Gasteiger partial charge in [-0.05, 0) is 41.3 Å². The Balaban J connectivity index is 1.42. The molecule has 190 valence electrons. The first kappa shape index (κ1) is 24.8. The lowest BCUT2D eigenvalue weighted by atomic mass is 9.97. The molecule has 0 saturated carbocycles. The van der Waals surface area contributed by atoms with Crippen LogP contribution in [0.2, 0.25) is 5.02 Å². The van der Waals surface area contributed by atoms with Gasteiger partial charge in [0.2, 0.25) is 0 Å². The molecule has 38 heavy (non-hydrogen) atoms. The van der Waals surface area contributed by atoms with Gasteiger partial charge >= 0.3 is 5.97 Å². The minimum absolute atomic E-state index is 0.00698. The Bertz CT molecular complexity index is 1790. The van der Waals surface area contributed by atoms with Crippen molar-refractivity contribution in [2.75, 3.05) is 11.9 Å². The monoisotopic (exact) mass is 528 g/mol. The molecule has 0 spiro atoms. The Labute approximate surface area is 220 Å². The van der Waals surface area contributed by atoms with Crippen molar-refractivity contribution in [3.8, 4) is 16.8 Å². The summed E-state index contributed by atoms with van der Waals surface area (Å²) >= 11 is 6.06. The maximum absolute atomic E-state index is 13.3. The van der Waals surface area contributed by atoms with Gasteiger partial charge in [-0.25, -0.2) is 9.48 Å². The summed E-state index contributed by atoms with van der Waals surface area (Å²) in [4.78, 5) is 51.2. The zero-order valence-corrected chi connectivity index (χ0v) is 20.9. The van der Waals surface area contributed by atoms with Crippen molar-refractivity contribution in [1.29, 1.82) is 0 Å². The van der Waals surface area contributed by atoms with Gasteiger partial charge in [-0.1, -0.05) is 60.1 Å². The molecule has 9 nitrogen and oxygen atoms in total. The Kier molecular flexibility index (Phi) is 6.68. The number of halogens is 1. The Morgan fingerprint density at radius 2 is 1.58 bits per heavy atom. The Hall–Kier alpha value is -4.89. The number of nitrogens with zero attached hydrogens (tertiary/aromatic N) is 2. The molecule has 0 bridgehead atoms. The molecule has 0 saturated heterocycles. The third-order valence-electron chi connectivity index (χ3n) is 5.97. The summed E-state index contributed by atoms with van der Waals surface area (Å²) in [7, 11) is 1.47. The maximum Gasteiger partial charge on any atom is 0.356 e. The van der Waals surface area contributed by atoms with Crippen LogP contribution < -0.4 is 16.4 Å². The number of aromatic nitrogens is 3. The zero-order valence-electron chi connectivity index (χ0n) is 20.1. The van der Waals surface area contributed by atoms with E-state index in [-0.39, 0.29) is 22.6 Å². The summed E-state index contributed by atoms with van der Waals surface area (Å²) in [5, 5.41) is 6.82. The number of ether oxygens (including phenoxy) is 1. The van der Waals surface area contributed by atoms with E-state index in [2.05, 4.69) is 10.4 Å². The second kappa shape index (κ2) is 10.2. The molecular weight excluding hydrogens is 508 g/mol. The Morgan fingerprint density at radius 1 is 0.921 bits per heavy atom. The number of hydrogen-bond donors (Lipinski definition) is 2. The predicted molar refractivity (Wildman–Crippen MR) is 145 cm³/mol. The molecular formula is C28H21ClN4O5. The second-order valence-corrected chi connectivity index (χ2v) is 8.88. The number of carbonyl (C=O) groups excluding carboxylic acids is 2. The SMILES string of the molecule is Cn1c(C(=O)OCC(=O)Nc2cc(=O)n(-c3ccccc3)[nH]2)c(-c2ccc(Cl)cc2)c2ccccc2c1=O. The van der Waals surface area contributed by atoms with E-state index in [4.69, 9.17) is 16.3 Å². The predicted octanol–water partition coefficient (Wildman–Crippen LogP) is 4.13. The van der Waals surface area contributed by atoms with E-state index in [0.29, 0.717) is 32.6 Å². The lowest BCUT2D eigenvalue weighted by Crippen LogP contribution is -2.28. The first-order valence-electron chi connectivity index (χ1n) is 11.6. The molecule has 0 unspecified atom stereocenters. The molecule has 1 amide bonds. The molecule has 0 aliphatic heterocycles. The number of benzene rings is 3. The summed E-state index contributed by atoms with van der Waals surface area (Å²) in [6.07, 6.45) is 0. The first-order chi connectivity index (χ1) is 18.3. The molecule has 5 rings (SSSR count). The van der Waals surface area contributed by atoms with Crippen molar-refractivity contribution >= 4 is 40.1 Å². The van der Waals surface area contributed by atoms with Gasteiger partial charge in [0, 0.05) is 29.1 Å². The minimum atomic E-state index is -0.856. The highest BCUT2D eigenvalue weighted by Crippen LogP contribution is 2.31. The van der Waals surface area contributed by atoms with Crippen LogP contribution in [-0.2, 0) is 16.6 Å². The smallest absolute Gasteiger partial charge is 0.356 e. The topological polar surface area (TPSA) is 115 Å². The molecule has 2 N–H and O–H groups in total. The highest BCUT2D eigenvalue weighted by molar-refractivity contribution is 6.30. The van der Waals surface area contributed by atoms with Crippen LogP contribution in [0, 0.1) is 0 Å². The molecule has 0 atom stereocenters. The number of aromatic amines is 1. The summed E-state index contributed by atoms with van der Waals surface area (Å²) in [5.41, 5.74) is 0.965. The number of carbonyl (C=O) groups is 2. The summed E-state index contributed by atoms with van der Waals surface area (Å²) < 4.78 is 7.80. The number of nitrogens with one attached hydrogen (secondary N) is 2. The Morgan fingerprint density at radius 3 is 2.29 bits per heavy atom.